The van der Waals surface area contributed by atoms with E-state index in [1.807, 2.05) is 6.07 Å². The molecule has 0 bridgehead atoms. The number of hydrogen-bond acceptors (Lipinski definition) is 4. The Morgan fingerprint density at radius 2 is 2.05 bits per heavy atom. The molecule has 0 saturated carbocycles. The van der Waals surface area contributed by atoms with Gasteiger partial charge in [0.25, 0.3) is 0 Å². The Morgan fingerprint density at radius 1 is 1.35 bits per heavy atom. The van der Waals surface area contributed by atoms with Crippen molar-refractivity contribution >= 4 is 11.9 Å². The number of carboxylic acids is 1. The molecule has 6 heteroatoms. The molecule has 20 heavy (non-hydrogen) atoms. The summed E-state index contributed by atoms with van der Waals surface area (Å²) in [6.07, 6.45) is -0.168. The van der Waals surface area contributed by atoms with Crippen molar-refractivity contribution in [2.75, 3.05) is 13.2 Å². The molecule has 1 heterocycles. The molecular weight excluding hydrogens is 260 g/mol. The summed E-state index contributed by atoms with van der Waals surface area (Å²) >= 11 is 0. The van der Waals surface area contributed by atoms with E-state index < -0.39 is 17.9 Å². The Balaban J connectivity index is 2.08. The van der Waals surface area contributed by atoms with Gasteiger partial charge in [-0.3, -0.25) is 9.59 Å². The molecule has 6 nitrogen and oxygen atoms in total. The Hall–Kier alpha value is -1.92. The average molecular weight is 278 g/mol. The van der Waals surface area contributed by atoms with E-state index in [1.165, 1.54) is 0 Å². The summed E-state index contributed by atoms with van der Waals surface area (Å²) < 4.78 is 5.16. The normalized spacial score (nSPS) is 23.2. The molecule has 3 unspecified atom stereocenters. The maximum Gasteiger partial charge on any atom is 0.305 e. The van der Waals surface area contributed by atoms with E-state index in [0.29, 0.717) is 6.61 Å². The Bertz CT molecular complexity index is 477. The van der Waals surface area contributed by atoms with E-state index in [-0.39, 0.29) is 25.0 Å². The van der Waals surface area contributed by atoms with Crippen LogP contribution in [0.15, 0.2) is 30.3 Å². The number of carbonyl (C=O) groups is 2. The lowest BCUT2D eigenvalue weighted by Gasteiger charge is -2.21. The number of nitrogens with one attached hydrogen (secondary N) is 1. The monoisotopic (exact) mass is 278 g/mol. The summed E-state index contributed by atoms with van der Waals surface area (Å²) in [5, 5.41) is 11.7. The van der Waals surface area contributed by atoms with Gasteiger partial charge in [-0.25, -0.2) is 0 Å². The van der Waals surface area contributed by atoms with Crippen LogP contribution in [0.3, 0.4) is 0 Å². The maximum atomic E-state index is 12.2. The number of benzene rings is 1. The number of carbonyl (C=O) groups excluding carboxylic acids is 1. The molecule has 0 radical (unpaired) electrons. The van der Waals surface area contributed by atoms with E-state index in [0.717, 1.165) is 5.56 Å². The van der Waals surface area contributed by atoms with Crippen LogP contribution in [0.5, 0.6) is 0 Å². The molecule has 1 amide bonds. The SMILES string of the molecule is NC1COCC1C(=O)NC(CC(=O)O)c1ccccc1. The van der Waals surface area contributed by atoms with Gasteiger partial charge in [-0.1, -0.05) is 30.3 Å². The van der Waals surface area contributed by atoms with Crippen molar-refractivity contribution in [1.82, 2.24) is 5.32 Å². The van der Waals surface area contributed by atoms with Gasteiger partial charge in [0.05, 0.1) is 31.6 Å². The van der Waals surface area contributed by atoms with Crippen LogP contribution >= 0.6 is 0 Å². The lowest BCUT2D eigenvalue weighted by molar-refractivity contribution is -0.138. The molecule has 1 aromatic carbocycles. The molecule has 3 atom stereocenters. The third-order valence-electron chi connectivity index (χ3n) is 3.36. The number of amides is 1. The van der Waals surface area contributed by atoms with Gasteiger partial charge in [0, 0.05) is 6.04 Å². The molecule has 0 spiro atoms. The van der Waals surface area contributed by atoms with Crippen LogP contribution < -0.4 is 11.1 Å². The van der Waals surface area contributed by atoms with Gasteiger partial charge in [0.1, 0.15) is 0 Å². The van der Waals surface area contributed by atoms with E-state index in [1.54, 1.807) is 24.3 Å². The first-order chi connectivity index (χ1) is 9.58. The van der Waals surface area contributed by atoms with Crippen molar-refractivity contribution < 1.29 is 19.4 Å². The molecule has 0 aliphatic carbocycles. The first-order valence-corrected chi connectivity index (χ1v) is 6.48. The fraction of sp³-hybridized carbons (Fsp3) is 0.429. The summed E-state index contributed by atoms with van der Waals surface area (Å²) in [6.45, 7) is 0.634. The van der Waals surface area contributed by atoms with Crippen LogP contribution in [0, 0.1) is 5.92 Å². The van der Waals surface area contributed by atoms with Gasteiger partial charge in [-0.2, -0.15) is 0 Å². The summed E-state index contributed by atoms with van der Waals surface area (Å²) in [5.41, 5.74) is 6.55. The van der Waals surface area contributed by atoms with Crippen molar-refractivity contribution in [3.05, 3.63) is 35.9 Å². The highest BCUT2D eigenvalue weighted by Gasteiger charge is 2.32. The highest BCUT2D eigenvalue weighted by atomic mass is 16.5. The van der Waals surface area contributed by atoms with E-state index in [9.17, 15) is 9.59 Å². The van der Waals surface area contributed by atoms with Crippen LogP contribution in [0.4, 0.5) is 0 Å². The predicted molar refractivity (Wildman–Crippen MR) is 71.9 cm³/mol. The second kappa shape index (κ2) is 6.49. The molecule has 1 aliphatic rings. The number of rotatable bonds is 5. The Morgan fingerprint density at radius 3 is 2.60 bits per heavy atom. The van der Waals surface area contributed by atoms with Crippen LogP contribution in [0.25, 0.3) is 0 Å². The standard InChI is InChI=1S/C14H18N2O4/c15-11-8-20-7-10(11)14(19)16-12(6-13(17)18)9-4-2-1-3-5-9/h1-5,10-12H,6-8,15H2,(H,16,19)(H,17,18). The fourth-order valence-electron chi connectivity index (χ4n) is 2.23. The smallest absolute Gasteiger partial charge is 0.305 e. The zero-order valence-corrected chi connectivity index (χ0v) is 11.0. The molecule has 1 aliphatic heterocycles. The minimum Gasteiger partial charge on any atom is -0.481 e. The summed E-state index contributed by atoms with van der Waals surface area (Å²) in [6, 6.07) is 8.13. The largest absolute Gasteiger partial charge is 0.481 e. The van der Waals surface area contributed by atoms with Gasteiger partial charge < -0.3 is 20.9 Å². The third-order valence-corrected chi connectivity index (χ3v) is 3.36. The predicted octanol–water partition coefficient (Wildman–Crippen LogP) is 0.292. The van der Waals surface area contributed by atoms with E-state index in [2.05, 4.69) is 5.32 Å². The molecule has 108 valence electrons. The summed E-state index contributed by atoms with van der Waals surface area (Å²) in [5.74, 6) is -1.65. The lowest BCUT2D eigenvalue weighted by Crippen LogP contribution is -2.42. The van der Waals surface area contributed by atoms with Gasteiger partial charge in [-0.05, 0) is 5.56 Å². The number of hydrogen-bond donors (Lipinski definition) is 3. The molecule has 1 aromatic rings. The van der Waals surface area contributed by atoms with E-state index >= 15 is 0 Å². The first kappa shape index (κ1) is 14.5. The van der Waals surface area contributed by atoms with Crippen LogP contribution in [0.2, 0.25) is 0 Å². The first-order valence-electron chi connectivity index (χ1n) is 6.48. The average Bonchev–Trinajstić information content (AvgIpc) is 2.85. The Labute approximate surface area is 116 Å². The van der Waals surface area contributed by atoms with Gasteiger partial charge in [0.15, 0.2) is 0 Å². The quantitative estimate of drug-likeness (QED) is 0.718. The van der Waals surface area contributed by atoms with Crippen LogP contribution in [-0.4, -0.2) is 36.2 Å². The van der Waals surface area contributed by atoms with Crippen molar-refractivity contribution in [2.45, 2.75) is 18.5 Å². The molecule has 4 N–H and O–H groups in total. The number of aliphatic carboxylic acids is 1. The second-order valence-corrected chi connectivity index (χ2v) is 4.88. The van der Waals surface area contributed by atoms with Gasteiger partial charge in [-0.15, -0.1) is 0 Å². The van der Waals surface area contributed by atoms with Crippen molar-refractivity contribution in [1.29, 1.82) is 0 Å². The lowest BCUT2D eigenvalue weighted by atomic mass is 10.00. The highest BCUT2D eigenvalue weighted by molar-refractivity contribution is 5.81. The Kier molecular flexibility index (Phi) is 4.70. The summed E-state index contributed by atoms with van der Waals surface area (Å²) in [4.78, 5) is 23.1. The highest BCUT2D eigenvalue weighted by Crippen LogP contribution is 2.19. The minimum absolute atomic E-state index is 0.168. The van der Waals surface area contributed by atoms with Crippen LogP contribution in [-0.2, 0) is 14.3 Å². The van der Waals surface area contributed by atoms with Crippen molar-refractivity contribution in [3.8, 4) is 0 Å². The zero-order valence-electron chi connectivity index (χ0n) is 11.0. The maximum absolute atomic E-state index is 12.2. The van der Waals surface area contributed by atoms with Crippen molar-refractivity contribution in [2.24, 2.45) is 11.7 Å². The molecular formula is C14H18N2O4. The number of ether oxygens (including phenoxy) is 1. The molecule has 0 aromatic heterocycles. The van der Waals surface area contributed by atoms with E-state index in [4.69, 9.17) is 15.6 Å². The third kappa shape index (κ3) is 3.55. The van der Waals surface area contributed by atoms with Gasteiger partial charge in [0.2, 0.25) is 5.91 Å². The topological polar surface area (TPSA) is 102 Å². The molecule has 1 saturated heterocycles. The van der Waals surface area contributed by atoms with Crippen LogP contribution in [0.1, 0.15) is 18.0 Å². The van der Waals surface area contributed by atoms with Crippen molar-refractivity contribution in [3.63, 3.8) is 0 Å². The van der Waals surface area contributed by atoms with Gasteiger partial charge >= 0.3 is 5.97 Å². The minimum atomic E-state index is -0.967. The zero-order chi connectivity index (χ0) is 14.5. The second-order valence-electron chi connectivity index (χ2n) is 4.88. The number of carboxylic acid groups (broad SMARTS) is 1. The molecule has 2 rings (SSSR count). The fourth-order valence-corrected chi connectivity index (χ4v) is 2.23. The number of nitrogens with two attached hydrogens (primary N) is 1. The summed E-state index contributed by atoms with van der Waals surface area (Å²) in [7, 11) is 0. The molecule has 1 fully saturated rings.